The molecular formula is C13H10F3N3OS. The van der Waals surface area contributed by atoms with Crippen molar-refractivity contribution >= 4 is 11.3 Å². The molecule has 0 bridgehead atoms. The van der Waals surface area contributed by atoms with Crippen molar-refractivity contribution in [3.8, 4) is 11.5 Å². The normalized spacial score (nSPS) is 12.0. The smallest absolute Gasteiger partial charge is 0.406 e. The zero-order valence-corrected chi connectivity index (χ0v) is 11.5. The second kappa shape index (κ2) is 5.36. The molecule has 0 N–H and O–H groups in total. The van der Waals surface area contributed by atoms with E-state index in [2.05, 4.69) is 9.97 Å². The summed E-state index contributed by atoms with van der Waals surface area (Å²) >= 11 is 1.42. The number of aromatic nitrogens is 3. The number of alkyl halides is 3. The first-order valence-electron chi connectivity index (χ1n) is 6.05. The molecule has 3 heterocycles. The van der Waals surface area contributed by atoms with Crippen molar-refractivity contribution in [2.45, 2.75) is 19.1 Å². The van der Waals surface area contributed by atoms with E-state index in [1.54, 1.807) is 18.4 Å². The van der Waals surface area contributed by atoms with Crippen LogP contribution in [0.15, 0.2) is 40.7 Å². The predicted octanol–water partition coefficient (Wildman–Crippen LogP) is 3.75. The number of rotatable bonds is 4. The first kappa shape index (κ1) is 13.9. The SMILES string of the molecule is FC(F)(F)Cn1cnc(Cc2nc(-c3ccco3)cs2)c1. The Morgan fingerprint density at radius 3 is 2.90 bits per heavy atom. The second-order valence-corrected chi connectivity index (χ2v) is 5.38. The van der Waals surface area contributed by atoms with E-state index >= 15 is 0 Å². The van der Waals surface area contributed by atoms with Crippen molar-refractivity contribution in [3.63, 3.8) is 0 Å². The Bertz CT molecular complexity index is 715. The van der Waals surface area contributed by atoms with Crippen LogP contribution in [0.5, 0.6) is 0 Å². The number of furan rings is 1. The van der Waals surface area contributed by atoms with Gasteiger partial charge in [0, 0.05) is 18.0 Å². The van der Waals surface area contributed by atoms with Crippen LogP contribution in [-0.4, -0.2) is 20.7 Å². The number of nitrogens with zero attached hydrogens (tertiary/aromatic N) is 3. The maximum absolute atomic E-state index is 12.3. The van der Waals surface area contributed by atoms with Gasteiger partial charge in [-0.3, -0.25) is 0 Å². The van der Waals surface area contributed by atoms with E-state index < -0.39 is 12.7 Å². The lowest BCUT2D eigenvalue weighted by Crippen LogP contribution is -2.16. The quantitative estimate of drug-likeness (QED) is 0.737. The van der Waals surface area contributed by atoms with Gasteiger partial charge in [-0.15, -0.1) is 11.3 Å². The van der Waals surface area contributed by atoms with E-state index in [1.165, 1.54) is 23.9 Å². The van der Waals surface area contributed by atoms with Crippen LogP contribution in [-0.2, 0) is 13.0 Å². The summed E-state index contributed by atoms with van der Waals surface area (Å²) in [6, 6.07) is 3.57. The minimum absolute atomic E-state index is 0.399. The van der Waals surface area contributed by atoms with E-state index in [0.29, 0.717) is 17.9 Å². The van der Waals surface area contributed by atoms with Crippen LogP contribution in [0.2, 0.25) is 0 Å². The van der Waals surface area contributed by atoms with Gasteiger partial charge >= 0.3 is 6.18 Å². The lowest BCUT2D eigenvalue weighted by molar-refractivity contribution is -0.140. The predicted molar refractivity (Wildman–Crippen MR) is 70.9 cm³/mol. The summed E-state index contributed by atoms with van der Waals surface area (Å²) in [6.07, 6.45) is 0.292. The largest absolute Gasteiger partial charge is 0.463 e. The molecule has 0 aromatic carbocycles. The van der Waals surface area contributed by atoms with Crippen LogP contribution in [0.1, 0.15) is 10.7 Å². The maximum atomic E-state index is 12.3. The Kier molecular flexibility index (Phi) is 3.54. The summed E-state index contributed by atoms with van der Waals surface area (Å²) < 4.78 is 43.1. The highest BCUT2D eigenvalue weighted by Gasteiger charge is 2.27. The van der Waals surface area contributed by atoms with E-state index in [9.17, 15) is 13.2 Å². The molecule has 0 spiro atoms. The average Bonchev–Trinajstić information content (AvgIpc) is 3.08. The van der Waals surface area contributed by atoms with Crippen molar-refractivity contribution in [2.24, 2.45) is 0 Å². The Morgan fingerprint density at radius 1 is 1.33 bits per heavy atom. The molecule has 8 heteroatoms. The van der Waals surface area contributed by atoms with Crippen molar-refractivity contribution < 1.29 is 17.6 Å². The van der Waals surface area contributed by atoms with Crippen LogP contribution < -0.4 is 0 Å². The first-order valence-corrected chi connectivity index (χ1v) is 6.93. The zero-order chi connectivity index (χ0) is 14.9. The van der Waals surface area contributed by atoms with E-state index in [1.807, 2.05) is 5.38 Å². The van der Waals surface area contributed by atoms with Crippen LogP contribution in [0.4, 0.5) is 13.2 Å². The van der Waals surface area contributed by atoms with Crippen molar-refractivity contribution in [1.29, 1.82) is 0 Å². The molecule has 0 atom stereocenters. The fourth-order valence-electron chi connectivity index (χ4n) is 1.88. The Hall–Kier alpha value is -2.09. The minimum atomic E-state index is -4.24. The molecular weight excluding hydrogens is 303 g/mol. The molecule has 0 amide bonds. The number of halogens is 3. The summed E-state index contributed by atoms with van der Waals surface area (Å²) in [5.41, 5.74) is 1.27. The van der Waals surface area contributed by atoms with Crippen LogP contribution in [0.25, 0.3) is 11.5 Å². The van der Waals surface area contributed by atoms with Gasteiger partial charge in [0.2, 0.25) is 0 Å². The van der Waals surface area contributed by atoms with E-state index in [-0.39, 0.29) is 0 Å². The second-order valence-electron chi connectivity index (χ2n) is 4.43. The third-order valence-electron chi connectivity index (χ3n) is 2.71. The van der Waals surface area contributed by atoms with Crippen molar-refractivity contribution in [2.75, 3.05) is 0 Å². The van der Waals surface area contributed by atoms with Crippen LogP contribution >= 0.6 is 11.3 Å². The van der Waals surface area contributed by atoms with Gasteiger partial charge in [-0.25, -0.2) is 9.97 Å². The third-order valence-corrected chi connectivity index (χ3v) is 3.56. The number of hydrogen-bond donors (Lipinski definition) is 0. The standard InChI is InChI=1S/C13H10F3N3OS/c14-13(15,16)7-19-5-9(17-8-19)4-12-18-10(6-21-12)11-2-1-3-20-11/h1-3,5-6,8H,4,7H2. The molecule has 0 aliphatic carbocycles. The third kappa shape index (κ3) is 3.52. The van der Waals surface area contributed by atoms with Gasteiger partial charge in [-0.1, -0.05) is 0 Å². The van der Waals surface area contributed by atoms with Gasteiger partial charge in [0.15, 0.2) is 5.76 Å². The minimum Gasteiger partial charge on any atom is -0.463 e. The highest BCUT2D eigenvalue weighted by Crippen LogP contribution is 2.24. The number of imidazole rings is 1. The summed E-state index contributed by atoms with van der Waals surface area (Å²) in [4.78, 5) is 8.36. The summed E-state index contributed by atoms with van der Waals surface area (Å²) in [5, 5.41) is 2.62. The van der Waals surface area contributed by atoms with Gasteiger partial charge in [0.1, 0.15) is 12.2 Å². The molecule has 0 unspecified atom stereocenters. The first-order chi connectivity index (χ1) is 9.99. The molecule has 21 heavy (non-hydrogen) atoms. The van der Waals surface area contributed by atoms with Gasteiger partial charge in [0.25, 0.3) is 0 Å². The summed E-state index contributed by atoms with van der Waals surface area (Å²) in [6.45, 7) is -1.03. The highest BCUT2D eigenvalue weighted by molar-refractivity contribution is 7.10. The Labute approximate surface area is 121 Å². The molecule has 3 aromatic heterocycles. The Morgan fingerprint density at radius 2 is 2.19 bits per heavy atom. The van der Waals surface area contributed by atoms with Crippen LogP contribution in [0, 0.1) is 0 Å². The fraction of sp³-hybridized carbons (Fsp3) is 0.231. The molecule has 0 saturated heterocycles. The van der Waals surface area contributed by atoms with Crippen LogP contribution in [0.3, 0.4) is 0 Å². The monoisotopic (exact) mass is 313 g/mol. The Balaban J connectivity index is 1.70. The molecule has 0 saturated carbocycles. The van der Waals surface area contributed by atoms with Crippen molar-refractivity contribution in [3.05, 3.63) is 47.0 Å². The zero-order valence-electron chi connectivity index (χ0n) is 10.7. The molecule has 0 aliphatic rings. The topological polar surface area (TPSA) is 43.9 Å². The summed E-state index contributed by atoms with van der Waals surface area (Å²) in [5.74, 6) is 0.667. The van der Waals surface area contributed by atoms with Gasteiger partial charge in [-0.2, -0.15) is 13.2 Å². The average molecular weight is 313 g/mol. The van der Waals surface area contributed by atoms with Crippen molar-refractivity contribution in [1.82, 2.24) is 14.5 Å². The maximum Gasteiger partial charge on any atom is 0.406 e. The number of thiazole rings is 1. The van der Waals surface area contributed by atoms with E-state index in [0.717, 1.165) is 15.3 Å². The van der Waals surface area contributed by atoms with Gasteiger partial charge < -0.3 is 8.98 Å². The fourth-order valence-corrected chi connectivity index (χ4v) is 2.67. The molecule has 0 fully saturated rings. The molecule has 3 rings (SSSR count). The molecule has 4 nitrogen and oxygen atoms in total. The lowest BCUT2D eigenvalue weighted by atomic mass is 10.3. The van der Waals surface area contributed by atoms with Gasteiger partial charge in [-0.05, 0) is 12.1 Å². The molecule has 110 valence electrons. The summed E-state index contributed by atoms with van der Waals surface area (Å²) in [7, 11) is 0. The number of hydrogen-bond acceptors (Lipinski definition) is 4. The lowest BCUT2D eigenvalue weighted by Gasteiger charge is -2.05. The van der Waals surface area contributed by atoms with Gasteiger partial charge in [0.05, 0.1) is 23.3 Å². The molecule has 3 aromatic rings. The highest BCUT2D eigenvalue weighted by atomic mass is 32.1. The molecule has 0 radical (unpaired) electrons. The molecule has 0 aliphatic heterocycles. The van der Waals surface area contributed by atoms with E-state index in [4.69, 9.17) is 4.42 Å².